The number of carboxylic acid groups (broad SMARTS) is 1. The summed E-state index contributed by atoms with van der Waals surface area (Å²) in [5.41, 5.74) is 0.364. The van der Waals surface area contributed by atoms with E-state index in [4.69, 9.17) is 5.11 Å². The third-order valence-electron chi connectivity index (χ3n) is 3.10. The van der Waals surface area contributed by atoms with E-state index in [1.165, 1.54) is 13.0 Å². The Balaban J connectivity index is 2.50. The number of benzene rings is 1. The average Bonchev–Trinajstić information content (AvgIpc) is 2.48. The summed E-state index contributed by atoms with van der Waals surface area (Å²) >= 11 is 0. The number of aliphatic carboxylic acids is 1. The van der Waals surface area contributed by atoms with Crippen molar-refractivity contribution >= 4 is 15.8 Å². The standard InChI is InChI=1S/C11H11FO4S/c1-6(11(13)14)10-5-7-4-8(12)2-3-9(7)17(10,15)16/h2-4,6,10H,5H2,1H3,(H,13,14). The van der Waals surface area contributed by atoms with Gasteiger partial charge >= 0.3 is 5.97 Å². The molecule has 0 aliphatic carbocycles. The summed E-state index contributed by atoms with van der Waals surface area (Å²) in [6.07, 6.45) is 0.0584. The quantitative estimate of drug-likeness (QED) is 0.810. The second-order valence-electron chi connectivity index (χ2n) is 4.17. The Bertz CT molecular complexity index is 579. The predicted molar refractivity (Wildman–Crippen MR) is 57.9 cm³/mol. The number of carboxylic acids is 1. The van der Waals surface area contributed by atoms with Crippen LogP contribution in [0, 0.1) is 11.7 Å². The van der Waals surface area contributed by atoms with Gasteiger partial charge in [0.2, 0.25) is 0 Å². The number of rotatable bonds is 2. The van der Waals surface area contributed by atoms with Gasteiger partial charge in [-0.15, -0.1) is 0 Å². The van der Waals surface area contributed by atoms with Crippen molar-refractivity contribution in [3.05, 3.63) is 29.6 Å². The summed E-state index contributed by atoms with van der Waals surface area (Å²) in [5, 5.41) is 7.87. The molecule has 2 unspecified atom stereocenters. The minimum atomic E-state index is -3.65. The van der Waals surface area contributed by atoms with Crippen LogP contribution in [0.25, 0.3) is 0 Å². The lowest BCUT2D eigenvalue weighted by Crippen LogP contribution is -2.30. The molecular weight excluding hydrogens is 247 g/mol. The van der Waals surface area contributed by atoms with Gasteiger partial charge in [0.25, 0.3) is 0 Å². The molecule has 1 heterocycles. The Morgan fingerprint density at radius 3 is 2.76 bits per heavy atom. The Labute approximate surface area is 98.0 Å². The highest BCUT2D eigenvalue weighted by Gasteiger charge is 2.42. The Morgan fingerprint density at radius 2 is 2.18 bits per heavy atom. The molecule has 17 heavy (non-hydrogen) atoms. The van der Waals surface area contributed by atoms with Crippen LogP contribution < -0.4 is 0 Å². The van der Waals surface area contributed by atoms with Crippen LogP contribution in [0.3, 0.4) is 0 Å². The summed E-state index contributed by atoms with van der Waals surface area (Å²) in [5.74, 6) is -2.68. The molecule has 0 saturated carbocycles. The zero-order chi connectivity index (χ0) is 12.8. The van der Waals surface area contributed by atoms with E-state index in [9.17, 15) is 17.6 Å². The molecule has 0 saturated heterocycles. The van der Waals surface area contributed by atoms with E-state index >= 15 is 0 Å². The van der Waals surface area contributed by atoms with E-state index in [1.807, 2.05) is 0 Å². The summed E-state index contributed by atoms with van der Waals surface area (Å²) in [4.78, 5) is 10.9. The zero-order valence-electron chi connectivity index (χ0n) is 9.05. The van der Waals surface area contributed by atoms with Gasteiger partial charge in [-0.1, -0.05) is 6.92 Å². The lowest BCUT2D eigenvalue weighted by molar-refractivity contribution is -0.141. The van der Waals surface area contributed by atoms with Gasteiger partial charge in [-0.25, -0.2) is 12.8 Å². The maximum absolute atomic E-state index is 13.0. The summed E-state index contributed by atoms with van der Waals surface area (Å²) < 4.78 is 37.1. The maximum atomic E-state index is 13.0. The molecule has 1 aliphatic rings. The van der Waals surface area contributed by atoms with E-state index in [0.717, 1.165) is 12.1 Å². The highest BCUT2D eigenvalue weighted by molar-refractivity contribution is 7.92. The molecule has 1 aromatic carbocycles. The number of hydrogen-bond donors (Lipinski definition) is 1. The first kappa shape index (κ1) is 12.0. The number of fused-ring (bicyclic) bond motifs is 1. The molecule has 0 bridgehead atoms. The molecule has 0 radical (unpaired) electrons. The molecule has 0 aromatic heterocycles. The van der Waals surface area contributed by atoms with Crippen LogP contribution >= 0.6 is 0 Å². The van der Waals surface area contributed by atoms with E-state index in [2.05, 4.69) is 0 Å². The highest BCUT2D eigenvalue weighted by atomic mass is 32.2. The molecule has 1 aliphatic heterocycles. The van der Waals surface area contributed by atoms with Gasteiger partial charge in [-0.05, 0) is 30.2 Å². The first-order valence-electron chi connectivity index (χ1n) is 5.09. The third-order valence-corrected chi connectivity index (χ3v) is 5.48. The normalized spacial score (nSPS) is 23.1. The van der Waals surface area contributed by atoms with Crippen molar-refractivity contribution in [2.75, 3.05) is 0 Å². The van der Waals surface area contributed by atoms with Gasteiger partial charge in [0.1, 0.15) is 5.82 Å². The van der Waals surface area contributed by atoms with E-state index in [1.54, 1.807) is 0 Å². The Kier molecular flexibility index (Phi) is 2.69. The molecule has 2 rings (SSSR count). The van der Waals surface area contributed by atoms with Gasteiger partial charge in [0.15, 0.2) is 9.84 Å². The van der Waals surface area contributed by atoms with Crippen molar-refractivity contribution in [1.82, 2.24) is 0 Å². The van der Waals surface area contributed by atoms with Crippen molar-refractivity contribution in [3.63, 3.8) is 0 Å². The summed E-state index contributed by atoms with van der Waals surface area (Å²) in [6.45, 7) is 1.35. The molecule has 6 heteroatoms. The van der Waals surface area contributed by atoms with Crippen LogP contribution in [0.2, 0.25) is 0 Å². The van der Waals surface area contributed by atoms with Crippen LogP contribution in [-0.4, -0.2) is 24.7 Å². The molecule has 92 valence electrons. The molecular formula is C11H11FO4S. The molecule has 0 spiro atoms. The van der Waals surface area contributed by atoms with E-state index < -0.39 is 32.8 Å². The molecule has 1 aromatic rings. The van der Waals surface area contributed by atoms with Gasteiger partial charge in [-0.3, -0.25) is 4.79 Å². The van der Waals surface area contributed by atoms with Crippen LogP contribution in [0.1, 0.15) is 12.5 Å². The van der Waals surface area contributed by atoms with Crippen molar-refractivity contribution in [3.8, 4) is 0 Å². The number of hydrogen-bond acceptors (Lipinski definition) is 3. The van der Waals surface area contributed by atoms with Crippen LogP contribution in [-0.2, 0) is 21.1 Å². The lowest BCUT2D eigenvalue weighted by atomic mass is 10.0. The number of sulfone groups is 1. The molecule has 1 N–H and O–H groups in total. The van der Waals surface area contributed by atoms with Crippen molar-refractivity contribution in [2.45, 2.75) is 23.5 Å². The third kappa shape index (κ3) is 1.82. The van der Waals surface area contributed by atoms with Gasteiger partial charge in [0, 0.05) is 0 Å². The molecule has 0 fully saturated rings. The van der Waals surface area contributed by atoms with Gasteiger partial charge < -0.3 is 5.11 Å². The van der Waals surface area contributed by atoms with Crippen LogP contribution in [0.15, 0.2) is 23.1 Å². The largest absolute Gasteiger partial charge is 0.481 e. The van der Waals surface area contributed by atoms with Crippen molar-refractivity contribution in [1.29, 1.82) is 0 Å². The first-order chi connectivity index (χ1) is 7.84. The molecule has 2 atom stereocenters. The predicted octanol–water partition coefficient (Wildman–Crippen LogP) is 1.24. The average molecular weight is 258 g/mol. The monoisotopic (exact) mass is 258 g/mol. The zero-order valence-corrected chi connectivity index (χ0v) is 9.87. The van der Waals surface area contributed by atoms with Crippen LogP contribution in [0.4, 0.5) is 4.39 Å². The SMILES string of the molecule is CC(C(=O)O)C1Cc2cc(F)ccc2S1(=O)=O. The second-order valence-corrected chi connectivity index (χ2v) is 6.30. The Morgan fingerprint density at radius 1 is 1.53 bits per heavy atom. The van der Waals surface area contributed by atoms with Gasteiger partial charge in [0.05, 0.1) is 16.1 Å². The fraction of sp³-hybridized carbons (Fsp3) is 0.364. The number of carbonyl (C=O) groups is 1. The minimum absolute atomic E-state index is 0.0528. The lowest BCUT2D eigenvalue weighted by Gasteiger charge is -2.13. The van der Waals surface area contributed by atoms with Crippen molar-refractivity contribution < 1.29 is 22.7 Å². The fourth-order valence-corrected chi connectivity index (χ4v) is 4.22. The van der Waals surface area contributed by atoms with Gasteiger partial charge in [-0.2, -0.15) is 0 Å². The second kappa shape index (κ2) is 3.80. The molecule has 4 nitrogen and oxygen atoms in total. The highest BCUT2D eigenvalue weighted by Crippen LogP contribution is 2.35. The maximum Gasteiger partial charge on any atom is 0.307 e. The van der Waals surface area contributed by atoms with E-state index in [-0.39, 0.29) is 11.3 Å². The van der Waals surface area contributed by atoms with E-state index in [0.29, 0.717) is 5.56 Å². The first-order valence-corrected chi connectivity index (χ1v) is 6.64. The summed E-state index contributed by atoms with van der Waals surface area (Å²) in [6, 6.07) is 3.43. The van der Waals surface area contributed by atoms with Crippen LogP contribution in [0.5, 0.6) is 0 Å². The Hall–Kier alpha value is -1.43. The van der Waals surface area contributed by atoms with Crippen molar-refractivity contribution in [2.24, 2.45) is 5.92 Å². The molecule has 0 amide bonds. The fourth-order valence-electron chi connectivity index (χ4n) is 2.08. The minimum Gasteiger partial charge on any atom is -0.481 e. The summed E-state index contributed by atoms with van der Waals surface area (Å²) in [7, 11) is -3.65. The number of halogens is 1. The topological polar surface area (TPSA) is 71.4 Å². The smallest absolute Gasteiger partial charge is 0.307 e.